The van der Waals surface area contributed by atoms with E-state index in [1.807, 2.05) is 0 Å². The van der Waals surface area contributed by atoms with Gasteiger partial charge in [0.15, 0.2) is 5.82 Å². The van der Waals surface area contributed by atoms with E-state index in [0.717, 1.165) is 19.3 Å². The minimum atomic E-state index is -0.336. The second kappa shape index (κ2) is 9.78. The van der Waals surface area contributed by atoms with Crippen molar-refractivity contribution in [2.24, 2.45) is 5.92 Å². The van der Waals surface area contributed by atoms with E-state index in [2.05, 4.69) is 24.0 Å². The zero-order chi connectivity index (χ0) is 19.9. The number of nitrogens with zero attached hydrogens (tertiary/aromatic N) is 3. The Morgan fingerprint density at radius 1 is 1.39 bits per heavy atom. The van der Waals surface area contributed by atoms with E-state index in [9.17, 15) is 9.18 Å². The van der Waals surface area contributed by atoms with Gasteiger partial charge in [0.2, 0.25) is 11.8 Å². The number of hydrogen-bond acceptors (Lipinski definition) is 5. The van der Waals surface area contributed by atoms with Crippen LogP contribution in [0.1, 0.15) is 44.0 Å². The maximum Gasteiger partial charge on any atom is 0.227 e. The summed E-state index contributed by atoms with van der Waals surface area (Å²) < 4.78 is 25.0. The molecule has 1 fully saturated rings. The van der Waals surface area contributed by atoms with E-state index < -0.39 is 0 Å². The summed E-state index contributed by atoms with van der Waals surface area (Å²) in [7, 11) is 0. The number of carbonyl (C=O) groups is 1. The van der Waals surface area contributed by atoms with Crippen LogP contribution in [-0.2, 0) is 28.8 Å². The molecule has 28 heavy (non-hydrogen) atoms. The van der Waals surface area contributed by atoms with Gasteiger partial charge in [-0.15, -0.1) is 0 Å². The molecule has 1 aliphatic heterocycles. The van der Waals surface area contributed by atoms with Crippen molar-refractivity contribution >= 4 is 5.91 Å². The van der Waals surface area contributed by atoms with Crippen molar-refractivity contribution in [1.29, 1.82) is 0 Å². The molecule has 7 heteroatoms. The van der Waals surface area contributed by atoms with Crippen molar-refractivity contribution in [1.82, 2.24) is 15.0 Å². The third kappa shape index (κ3) is 5.86. The lowest BCUT2D eigenvalue weighted by molar-refractivity contribution is -0.134. The zero-order valence-corrected chi connectivity index (χ0v) is 16.6. The van der Waals surface area contributed by atoms with Crippen molar-refractivity contribution in [3.05, 3.63) is 47.4 Å². The number of carbonyl (C=O) groups excluding carboxylic acids is 1. The molecule has 2 aromatic rings. The maximum absolute atomic E-state index is 13.8. The molecule has 152 valence electrons. The highest BCUT2D eigenvalue weighted by Gasteiger charge is 2.24. The van der Waals surface area contributed by atoms with Crippen LogP contribution in [0, 0.1) is 11.7 Å². The summed E-state index contributed by atoms with van der Waals surface area (Å²) in [6, 6.07) is 6.42. The van der Waals surface area contributed by atoms with Crippen molar-refractivity contribution in [2.75, 3.05) is 19.7 Å². The highest BCUT2D eigenvalue weighted by Crippen LogP contribution is 2.16. The van der Waals surface area contributed by atoms with Crippen LogP contribution in [0.5, 0.6) is 0 Å². The lowest BCUT2D eigenvalue weighted by atomic mass is 10.1. The summed E-state index contributed by atoms with van der Waals surface area (Å²) in [5, 5.41) is 3.98. The predicted octanol–water partition coefficient (Wildman–Crippen LogP) is 3.20. The summed E-state index contributed by atoms with van der Waals surface area (Å²) >= 11 is 0. The molecule has 1 amide bonds. The highest BCUT2D eigenvalue weighted by molar-refractivity contribution is 5.79. The molecule has 0 spiro atoms. The standard InChI is InChI=1S/C21H28FN3O3/c1-15(2)12-20-23-19(24-28-20)9-11-27-17-7-5-10-25(14-17)21(26)13-16-6-3-4-8-18(16)22/h3-4,6,8,15,17H,5,7,9-14H2,1-2H3. The smallest absolute Gasteiger partial charge is 0.227 e. The summed E-state index contributed by atoms with van der Waals surface area (Å²) in [5.74, 6) is 1.39. The molecule has 0 N–H and O–H groups in total. The van der Waals surface area contributed by atoms with Crippen LogP contribution in [0.15, 0.2) is 28.8 Å². The highest BCUT2D eigenvalue weighted by atomic mass is 19.1. The summed E-state index contributed by atoms with van der Waals surface area (Å²) in [5.41, 5.74) is 0.435. The van der Waals surface area contributed by atoms with E-state index in [4.69, 9.17) is 9.26 Å². The minimum absolute atomic E-state index is 0.0136. The number of ether oxygens (including phenoxy) is 1. The lowest BCUT2D eigenvalue weighted by Gasteiger charge is -2.32. The van der Waals surface area contributed by atoms with Crippen LogP contribution < -0.4 is 0 Å². The summed E-state index contributed by atoms with van der Waals surface area (Å²) in [6.07, 6.45) is 3.22. The molecular formula is C21H28FN3O3. The molecule has 1 unspecified atom stereocenters. The van der Waals surface area contributed by atoms with Gasteiger partial charge in [0.1, 0.15) is 5.82 Å². The van der Waals surface area contributed by atoms with Gasteiger partial charge in [0.05, 0.1) is 19.1 Å². The van der Waals surface area contributed by atoms with E-state index in [0.29, 0.717) is 49.3 Å². The van der Waals surface area contributed by atoms with Gasteiger partial charge in [-0.1, -0.05) is 37.2 Å². The summed E-state index contributed by atoms with van der Waals surface area (Å²) in [6.45, 7) is 5.93. The van der Waals surface area contributed by atoms with Crippen LogP contribution in [0.4, 0.5) is 4.39 Å². The van der Waals surface area contributed by atoms with Crippen molar-refractivity contribution in [3.63, 3.8) is 0 Å². The molecule has 2 heterocycles. The Labute approximate surface area is 165 Å². The number of piperidine rings is 1. The minimum Gasteiger partial charge on any atom is -0.376 e. The first-order valence-electron chi connectivity index (χ1n) is 9.95. The Morgan fingerprint density at radius 3 is 3.00 bits per heavy atom. The Bertz CT molecular complexity index is 778. The average Bonchev–Trinajstić information content (AvgIpc) is 3.10. The number of likely N-dealkylation sites (tertiary alicyclic amines) is 1. The molecular weight excluding hydrogens is 361 g/mol. The van der Waals surface area contributed by atoms with Crippen LogP contribution in [0.3, 0.4) is 0 Å². The first kappa shape index (κ1) is 20.5. The number of halogens is 1. The number of hydrogen-bond donors (Lipinski definition) is 0. The van der Waals surface area contributed by atoms with Gasteiger partial charge < -0.3 is 14.2 Å². The first-order valence-corrected chi connectivity index (χ1v) is 9.95. The molecule has 1 atom stereocenters. The fourth-order valence-electron chi connectivity index (χ4n) is 3.36. The van der Waals surface area contributed by atoms with Crippen LogP contribution >= 0.6 is 0 Å². The molecule has 6 nitrogen and oxygen atoms in total. The topological polar surface area (TPSA) is 68.5 Å². The molecule has 3 rings (SSSR count). The quantitative estimate of drug-likeness (QED) is 0.694. The summed E-state index contributed by atoms with van der Waals surface area (Å²) in [4.78, 5) is 18.7. The van der Waals surface area contributed by atoms with Gasteiger partial charge in [-0.3, -0.25) is 4.79 Å². The molecule has 0 saturated carbocycles. The van der Waals surface area contributed by atoms with Crippen molar-refractivity contribution in [3.8, 4) is 0 Å². The first-order chi connectivity index (χ1) is 13.5. The Morgan fingerprint density at radius 2 is 2.21 bits per heavy atom. The average molecular weight is 389 g/mol. The Hall–Kier alpha value is -2.28. The second-order valence-electron chi connectivity index (χ2n) is 7.70. The van der Waals surface area contributed by atoms with Gasteiger partial charge in [0.25, 0.3) is 0 Å². The Kier molecular flexibility index (Phi) is 7.14. The molecule has 1 aromatic heterocycles. The van der Waals surface area contributed by atoms with Gasteiger partial charge in [0, 0.05) is 25.9 Å². The van der Waals surface area contributed by atoms with Crippen LogP contribution in [0.25, 0.3) is 0 Å². The molecule has 0 radical (unpaired) electrons. The second-order valence-corrected chi connectivity index (χ2v) is 7.70. The van der Waals surface area contributed by atoms with E-state index in [-0.39, 0.29) is 24.2 Å². The molecule has 1 saturated heterocycles. The fourth-order valence-corrected chi connectivity index (χ4v) is 3.36. The number of aromatic nitrogens is 2. The van der Waals surface area contributed by atoms with Gasteiger partial charge in [-0.25, -0.2) is 4.39 Å². The monoisotopic (exact) mass is 389 g/mol. The van der Waals surface area contributed by atoms with E-state index in [1.54, 1.807) is 23.1 Å². The number of rotatable bonds is 8. The SMILES string of the molecule is CC(C)Cc1nc(CCOC2CCCN(C(=O)Cc3ccccc3F)C2)no1. The number of amides is 1. The van der Waals surface area contributed by atoms with Crippen LogP contribution in [0.2, 0.25) is 0 Å². The predicted molar refractivity (Wildman–Crippen MR) is 102 cm³/mol. The lowest BCUT2D eigenvalue weighted by Crippen LogP contribution is -2.44. The largest absolute Gasteiger partial charge is 0.376 e. The molecule has 1 aliphatic rings. The molecule has 1 aromatic carbocycles. The Balaban J connectivity index is 1.44. The van der Waals surface area contributed by atoms with Gasteiger partial charge in [-0.05, 0) is 30.4 Å². The van der Waals surface area contributed by atoms with Crippen LogP contribution in [-0.4, -0.2) is 46.7 Å². The van der Waals surface area contributed by atoms with Gasteiger partial charge >= 0.3 is 0 Å². The maximum atomic E-state index is 13.8. The van der Waals surface area contributed by atoms with Crippen molar-refractivity contribution in [2.45, 2.75) is 52.1 Å². The van der Waals surface area contributed by atoms with Crippen molar-refractivity contribution < 1.29 is 18.4 Å². The third-order valence-electron chi connectivity index (χ3n) is 4.80. The zero-order valence-electron chi connectivity index (χ0n) is 16.6. The fraction of sp³-hybridized carbons (Fsp3) is 0.571. The normalized spacial score (nSPS) is 17.3. The van der Waals surface area contributed by atoms with E-state index >= 15 is 0 Å². The third-order valence-corrected chi connectivity index (χ3v) is 4.80. The number of benzene rings is 1. The van der Waals surface area contributed by atoms with Gasteiger partial charge in [-0.2, -0.15) is 4.98 Å². The van der Waals surface area contributed by atoms with E-state index in [1.165, 1.54) is 6.07 Å². The molecule has 0 aliphatic carbocycles. The molecule has 0 bridgehead atoms.